The molecule has 1 saturated heterocycles. The number of thioether (sulfide) groups is 1. The Bertz CT molecular complexity index is 1820. The fourth-order valence-electron chi connectivity index (χ4n) is 5.25. The highest BCUT2D eigenvalue weighted by atomic mass is 32.2. The van der Waals surface area contributed by atoms with E-state index in [-0.39, 0.29) is 16.4 Å². The Hall–Kier alpha value is -4.30. The number of anilines is 2. The van der Waals surface area contributed by atoms with Gasteiger partial charge in [0.1, 0.15) is 23.4 Å². The molecule has 43 heavy (non-hydrogen) atoms. The largest absolute Gasteiger partial charge is 0.416 e. The number of carbonyl (C=O) groups is 3. The van der Waals surface area contributed by atoms with Gasteiger partial charge in [0.15, 0.2) is 0 Å². The number of alkyl halides is 3. The molecule has 4 aromatic rings. The number of imide groups is 1. The number of rotatable bonds is 5. The first-order valence-electron chi connectivity index (χ1n) is 12.7. The van der Waals surface area contributed by atoms with Gasteiger partial charge in [-0.3, -0.25) is 23.7 Å². The Morgan fingerprint density at radius 3 is 2.19 bits per heavy atom. The number of fused-ring (bicyclic) bond motifs is 2. The lowest BCUT2D eigenvalue weighted by molar-refractivity contribution is -0.137. The topological polar surface area (TPSA) is 88.5 Å². The quantitative estimate of drug-likeness (QED) is 0.228. The molecule has 220 valence electrons. The first kappa shape index (κ1) is 28.8. The van der Waals surface area contributed by atoms with E-state index in [1.807, 2.05) is 0 Å². The van der Waals surface area contributed by atoms with Gasteiger partial charge < -0.3 is 5.32 Å². The predicted molar refractivity (Wildman–Crippen MR) is 149 cm³/mol. The number of halogens is 5. The van der Waals surface area contributed by atoms with E-state index in [1.54, 1.807) is 0 Å². The highest BCUT2D eigenvalue weighted by molar-refractivity contribution is 8.00. The number of nitrogens with one attached hydrogen (secondary N) is 1. The van der Waals surface area contributed by atoms with Gasteiger partial charge in [-0.05, 0) is 60.2 Å². The minimum Gasteiger partial charge on any atom is -0.325 e. The van der Waals surface area contributed by atoms with Gasteiger partial charge in [0, 0.05) is 16.5 Å². The van der Waals surface area contributed by atoms with Crippen molar-refractivity contribution in [3.8, 4) is 0 Å². The van der Waals surface area contributed by atoms with Gasteiger partial charge in [-0.25, -0.2) is 13.7 Å². The predicted octanol–water partition coefficient (Wildman–Crippen LogP) is 5.64. The van der Waals surface area contributed by atoms with Crippen LogP contribution in [0.4, 0.5) is 33.3 Å². The van der Waals surface area contributed by atoms with Gasteiger partial charge in [-0.2, -0.15) is 13.2 Å². The molecule has 3 atom stereocenters. The summed E-state index contributed by atoms with van der Waals surface area (Å²) in [5.74, 6) is -4.92. The Kier molecular flexibility index (Phi) is 7.21. The molecule has 0 saturated carbocycles. The summed E-state index contributed by atoms with van der Waals surface area (Å²) in [6.45, 7) is -0.578. The summed E-state index contributed by atoms with van der Waals surface area (Å²) < 4.78 is 67.9. The van der Waals surface area contributed by atoms with E-state index in [9.17, 15) is 41.1 Å². The van der Waals surface area contributed by atoms with Crippen LogP contribution in [-0.4, -0.2) is 27.5 Å². The van der Waals surface area contributed by atoms with Crippen LogP contribution in [0.2, 0.25) is 0 Å². The molecule has 3 heterocycles. The summed E-state index contributed by atoms with van der Waals surface area (Å²) in [4.78, 5) is 54.3. The van der Waals surface area contributed by atoms with Crippen LogP contribution in [0.25, 0.3) is 0 Å². The molecule has 1 fully saturated rings. The Morgan fingerprint density at radius 1 is 0.884 bits per heavy atom. The zero-order valence-corrected chi connectivity index (χ0v) is 23.2. The Balaban J connectivity index is 1.37. The van der Waals surface area contributed by atoms with E-state index >= 15 is 0 Å². The summed E-state index contributed by atoms with van der Waals surface area (Å²) in [6, 6.07) is 14.1. The van der Waals surface area contributed by atoms with Crippen LogP contribution in [0.3, 0.4) is 0 Å². The summed E-state index contributed by atoms with van der Waals surface area (Å²) in [7, 11) is 0. The van der Waals surface area contributed by atoms with Crippen molar-refractivity contribution in [2.45, 2.75) is 28.9 Å². The summed E-state index contributed by atoms with van der Waals surface area (Å²) in [5, 5.41) is 1.57. The van der Waals surface area contributed by atoms with Crippen LogP contribution in [0.15, 0.2) is 82.6 Å². The zero-order chi connectivity index (χ0) is 30.6. The van der Waals surface area contributed by atoms with Crippen molar-refractivity contribution in [2.24, 2.45) is 5.92 Å². The number of hydrogen-bond acceptors (Lipinski definition) is 6. The number of amides is 3. The highest BCUT2D eigenvalue weighted by Crippen LogP contribution is 2.53. The molecule has 7 nitrogen and oxygen atoms in total. The van der Waals surface area contributed by atoms with Crippen molar-refractivity contribution >= 4 is 52.2 Å². The lowest BCUT2D eigenvalue weighted by Gasteiger charge is -2.30. The molecular weight excluding hydrogens is 613 g/mol. The van der Waals surface area contributed by atoms with Crippen LogP contribution in [0.5, 0.6) is 0 Å². The second-order valence-corrected chi connectivity index (χ2v) is 12.0. The van der Waals surface area contributed by atoms with Crippen LogP contribution < -0.4 is 15.1 Å². The average Bonchev–Trinajstić information content (AvgIpc) is 3.40. The molecule has 2 aliphatic rings. The number of thiazole rings is 1. The molecule has 0 spiro atoms. The van der Waals surface area contributed by atoms with Gasteiger partial charge in [0.25, 0.3) is 0 Å². The number of nitrogens with zero attached hydrogens (tertiary/aromatic N) is 2. The van der Waals surface area contributed by atoms with Gasteiger partial charge in [-0.1, -0.05) is 41.3 Å². The molecule has 3 aromatic carbocycles. The number of carbonyl (C=O) groups excluding carboxylic acids is 3. The number of hydrogen-bond donors (Lipinski definition) is 1. The molecule has 0 aliphatic carbocycles. The molecule has 0 bridgehead atoms. The van der Waals surface area contributed by atoms with Crippen molar-refractivity contribution in [3.05, 3.63) is 110 Å². The van der Waals surface area contributed by atoms with Crippen LogP contribution >= 0.6 is 23.1 Å². The standard InChI is InChI=1S/C29H18F5N3O4S2/c30-16-6-4-14(5-7-16)21-22-23(26(40)37(25(22)39)19-10-8-17(31)9-11-19)42-27-24(21)43-28(41)36(27)13-20(38)35-18-3-1-2-15(12-18)29(32,33)34/h1-12,21-23H,13H2,(H,35,38). The van der Waals surface area contributed by atoms with Crippen molar-refractivity contribution in [1.29, 1.82) is 0 Å². The summed E-state index contributed by atoms with van der Waals surface area (Å²) >= 11 is 1.69. The maximum Gasteiger partial charge on any atom is 0.416 e. The molecular formula is C29H18F5N3O4S2. The molecule has 1 N–H and O–H groups in total. The molecule has 3 amide bonds. The number of aromatic nitrogens is 1. The number of benzene rings is 3. The van der Waals surface area contributed by atoms with Crippen molar-refractivity contribution < 1.29 is 36.3 Å². The van der Waals surface area contributed by atoms with Crippen LogP contribution in [0.1, 0.15) is 21.9 Å². The monoisotopic (exact) mass is 631 g/mol. The fraction of sp³-hybridized carbons (Fsp3) is 0.172. The third-order valence-corrected chi connectivity index (χ3v) is 9.74. The maximum absolute atomic E-state index is 13.8. The van der Waals surface area contributed by atoms with Gasteiger partial charge >= 0.3 is 11.0 Å². The first-order valence-corrected chi connectivity index (χ1v) is 14.4. The van der Waals surface area contributed by atoms with Crippen LogP contribution in [-0.2, 0) is 27.1 Å². The minimum absolute atomic E-state index is 0.125. The first-order chi connectivity index (χ1) is 20.4. The average molecular weight is 632 g/mol. The van der Waals surface area contributed by atoms with Crippen LogP contribution in [0, 0.1) is 17.6 Å². The van der Waals surface area contributed by atoms with Crippen molar-refractivity contribution in [3.63, 3.8) is 0 Å². The van der Waals surface area contributed by atoms with Gasteiger partial charge in [0.2, 0.25) is 17.7 Å². The lowest BCUT2D eigenvalue weighted by atomic mass is 9.83. The second kappa shape index (κ2) is 10.8. The van der Waals surface area contributed by atoms with Gasteiger partial charge in [0.05, 0.1) is 22.2 Å². The minimum atomic E-state index is -4.63. The third kappa shape index (κ3) is 5.25. The van der Waals surface area contributed by atoms with Gasteiger partial charge in [-0.15, -0.1) is 0 Å². The zero-order valence-electron chi connectivity index (χ0n) is 21.6. The lowest BCUT2D eigenvalue weighted by Crippen LogP contribution is -2.33. The second-order valence-electron chi connectivity index (χ2n) is 9.83. The van der Waals surface area contributed by atoms with Crippen molar-refractivity contribution in [2.75, 3.05) is 10.2 Å². The molecule has 6 rings (SSSR count). The summed E-state index contributed by atoms with van der Waals surface area (Å²) in [6.07, 6.45) is -4.63. The summed E-state index contributed by atoms with van der Waals surface area (Å²) in [5.41, 5.74) is -0.470. The third-order valence-electron chi connectivity index (χ3n) is 7.14. The van der Waals surface area contributed by atoms with E-state index < -0.39 is 69.6 Å². The van der Waals surface area contributed by atoms with E-state index in [1.165, 1.54) is 42.5 Å². The molecule has 0 radical (unpaired) electrons. The molecule has 2 aliphatic heterocycles. The van der Waals surface area contributed by atoms with E-state index in [4.69, 9.17) is 0 Å². The molecule has 1 aromatic heterocycles. The normalized spacial score (nSPS) is 19.7. The van der Waals surface area contributed by atoms with E-state index in [0.717, 1.165) is 62.9 Å². The fourth-order valence-corrected chi connectivity index (χ4v) is 8.02. The van der Waals surface area contributed by atoms with Crippen molar-refractivity contribution in [1.82, 2.24) is 4.57 Å². The van der Waals surface area contributed by atoms with E-state index in [2.05, 4.69) is 5.32 Å². The van der Waals surface area contributed by atoms with E-state index in [0.29, 0.717) is 10.4 Å². The highest BCUT2D eigenvalue weighted by Gasteiger charge is 2.56. The Morgan fingerprint density at radius 2 is 1.53 bits per heavy atom. The smallest absolute Gasteiger partial charge is 0.325 e. The molecule has 3 unspecified atom stereocenters. The Labute approximate surface area is 247 Å². The molecule has 14 heteroatoms. The maximum atomic E-state index is 13.8. The SMILES string of the molecule is O=C(Cn1c2c(sc1=O)C(c1ccc(F)cc1)C1C(=O)N(c3ccc(F)cc3)C(=O)C1S2)Nc1cccc(C(F)(F)F)c1.